The first-order valence-corrected chi connectivity index (χ1v) is 8.72. The van der Waals surface area contributed by atoms with Gasteiger partial charge in [0.05, 0.1) is 38.4 Å². The largest absolute Gasteiger partial charge is 0.390 e. The third-order valence-electron chi connectivity index (χ3n) is 3.11. The Morgan fingerprint density at radius 1 is 1.10 bits per heavy atom. The van der Waals surface area contributed by atoms with E-state index < -0.39 is 23.6 Å². The molecule has 3 atom stereocenters. The van der Waals surface area contributed by atoms with Crippen molar-refractivity contribution in [2.45, 2.75) is 37.9 Å². The Kier molecular flexibility index (Phi) is 5.83. The molecule has 1 aliphatic rings. The molecule has 0 aliphatic carbocycles. The molecule has 2 rings (SSSR count). The van der Waals surface area contributed by atoms with E-state index in [-0.39, 0.29) is 31.1 Å². The van der Waals surface area contributed by atoms with E-state index in [9.17, 15) is 19.8 Å². The van der Waals surface area contributed by atoms with Crippen molar-refractivity contribution in [3.8, 4) is 0 Å². The molecule has 0 bridgehead atoms. The van der Waals surface area contributed by atoms with Crippen molar-refractivity contribution in [3.05, 3.63) is 21.0 Å². The fraction of sp³-hybridized carbons (Fsp3) is 0.818. The van der Waals surface area contributed by atoms with Crippen LogP contribution in [0.4, 0.5) is 0 Å². The van der Waals surface area contributed by atoms with Crippen LogP contribution < -0.4 is 11.4 Å². The molecular formula is C11H17Br2N3O5. The van der Waals surface area contributed by atoms with Gasteiger partial charge in [-0.1, -0.05) is 31.9 Å². The molecule has 8 nitrogen and oxygen atoms in total. The second-order valence-corrected chi connectivity index (χ2v) is 6.21. The van der Waals surface area contributed by atoms with E-state index in [0.29, 0.717) is 11.9 Å². The number of ether oxygens (including phenoxy) is 1. The quantitative estimate of drug-likeness (QED) is 0.395. The average molecular weight is 431 g/mol. The molecule has 0 spiro atoms. The van der Waals surface area contributed by atoms with Crippen molar-refractivity contribution >= 4 is 31.9 Å². The van der Waals surface area contributed by atoms with Gasteiger partial charge in [-0.25, -0.2) is 23.5 Å². The predicted octanol–water partition coefficient (Wildman–Crippen LogP) is -1.28. The van der Waals surface area contributed by atoms with Crippen LogP contribution in [0.3, 0.4) is 0 Å². The zero-order valence-corrected chi connectivity index (χ0v) is 14.4. The Balaban J connectivity index is 2.37. The standard InChI is InChI=1S/C11H17Br2N3O5/c12-1-7(17)3-14-10(19)15(4-8(18)2-13)16(11(14)20)5-9-6-21-9/h7-9,17-18H,1-6H2. The summed E-state index contributed by atoms with van der Waals surface area (Å²) in [6.45, 7) is 0.729. The summed E-state index contributed by atoms with van der Waals surface area (Å²) in [5.41, 5.74) is -1.04. The summed E-state index contributed by atoms with van der Waals surface area (Å²) in [4.78, 5) is 24.7. The maximum absolute atomic E-state index is 12.3. The number of aliphatic hydroxyl groups excluding tert-OH is 2. The zero-order valence-electron chi connectivity index (χ0n) is 11.2. The molecule has 120 valence electrons. The van der Waals surface area contributed by atoms with Crippen LogP contribution in [0.1, 0.15) is 0 Å². The van der Waals surface area contributed by atoms with Crippen molar-refractivity contribution in [2.75, 3.05) is 17.3 Å². The molecule has 1 aromatic rings. The normalized spacial score (nSPS) is 20.5. The first-order chi connectivity index (χ1) is 9.97. The first kappa shape index (κ1) is 16.9. The number of nitrogens with zero attached hydrogens (tertiary/aromatic N) is 3. The predicted molar refractivity (Wildman–Crippen MR) is 82.3 cm³/mol. The molecular weight excluding hydrogens is 414 g/mol. The number of aliphatic hydroxyl groups is 2. The highest BCUT2D eigenvalue weighted by Crippen LogP contribution is 2.10. The molecule has 2 heterocycles. The maximum Gasteiger partial charge on any atom is 0.347 e. The number of halogens is 2. The van der Waals surface area contributed by atoms with Crippen molar-refractivity contribution in [2.24, 2.45) is 0 Å². The van der Waals surface area contributed by atoms with Crippen LogP contribution >= 0.6 is 31.9 Å². The summed E-state index contributed by atoms with van der Waals surface area (Å²) in [5, 5.41) is 19.9. The van der Waals surface area contributed by atoms with E-state index >= 15 is 0 Å². The van der Waals surface area contributed by atoms with E-state index in [2.05, 4.69) is 31.9 Å². The van der Waals surface area contributed by atoms with Crippen LogP contribution in [0.5, 0.6) is 0 Å². The van der Waals surface area contributed by atoms with Crippen LogP contribution in [-0.4, -0.2) is 59.7 Å². The minimum atomic E-state index is -0.835. The second kappa shape index (κ2) is 7.23. The highest BCUT2D eigenvalue weighted by Gasteiger charge is 2.28. The Morgan fingerprint density at radius 2 is 1.62 bits per heavy atom. The number of aromatic nitrogens is 3. The van der Waals surface area contributed by atoms with Gasteiger partial charge in [0.1, 0.15) is 6.10 Å². The highest BCUT2D eigenvalue weighted by atomic mass is 79.9. The number of epoxide rings is 1. The summed E-state index contributed by atoms with van der Waals surface area (Å²) < 4.78 is 8.55. The molecule has 0 aromatic carbocycles. The number of hydrogen-bond donors (Lipinski definition) is 2. The molecule has 0 amide bonds. The van der Waals surface area contributed by atoms with Gasteiger partial charge < -0.3 is 14.9 Å². The molecule has 3 unspecified atom stereocenters. The number of hydrogen-bond acceptors (Lipinski definition) is 5. The average Bonchev–Trinajstić information content (AvgIpc) is 3.26. The third-order valence-corrected chi connectivity index (χ3v) is 4.60. The smallest absolute Gasteiger partial charge is 0.347 e. The van der Waals surface area contributed by atoms with Crippen molar-refractivity contribution in [1.29, 1.82) is 0 Å². The lowest BCUT2D eigenvalue weighted by molar-refractivity contribution is 0.161. The van der Waals surface area contributed by atoms with Crippen LogP contribution in [-0.2, 0) is 24.4 Å². The summed E-state index contributed by atoms with van der Waals surface area (Å²) in [7, 11) is 0. The van der Waals surface area contributed by atoms with Gasteiger partial charge in [-0.2, -0.15) is 0 Å². The highest BCUT2D eigenvalue weighted by molar-refractivity contribution is 9.09. The topological polar surface area (TPSA) is 102 Å². The van der Waals surface area contributed by atoms with Gasteiger partial charge in [0.25, 0.3) is 0 Å². The SMILES string of the molecule is O=c1n(CC(O)CBr)c(=O)n(CC2CO2)n1CC(O)CBr. The van der Waals surface area contributed by atoms with E-state index in [1.807, 2.05) is 0 Å². The minimum Gasteiger partial charge on any atom is -0.390 e. The third kappa shape index (κ3) is 4.07. The van der Waals surface area contributed by atoms with E-state index in [1.54, 1.807) is 0 Å². The molecule has 1 aliphatic heterocycles. The van der Waals surface area contributed by atoms with Crippen LogP contribution in [0, 0.1) is 0 Å². The van der Waals surface area contributed by atoms with Crippen molar-refractivity contribution in [3.63, 3.8) is 0 Å². The van der Waals surface area contributed by atoms with Crippen LogP contribution in [0.25, 0.3) is 0 Å². The molecule has 1 saturated heterocycles. The monoisotopic (exact) mass is 429 g/mol. The molecule has 21 heavy (non-hydrogen) atoms. The van der Waals surface area contributed by atoms with Gasteiger partial charge in [-0.15, -0.1) is 0 Å². The summed E-state index contributed by atoms with van der Waals surface area (Å²) in [5.74, 6) is 0. The molecule has 0 saturated carbocycles. The molecule has 2 N–H and O–H groups in total. The van der Waals surface area contributed by atoms with Gasteiger partial charge in [0.2, 0.25) is 0 Å². The van der Waals surface area contributed by atoms with Crippen LogP contribution in [0.2, 0.25) is 0 Å². The fourth-order valence-corrected chi connectivity index (χ4v) is 2.36. The molecule has 1 aromatic heterocycles. The first-order valence-electron chi connectivity index (χ1n) is 6.48. The molecule has 10 heteroatoms. The van der Waals surface area contributed by atoms with Gasteiger partial charge in [-0.3, -0.25) is 0 Å². The summed E-state index contributed by atoms with van der Waals surface area (Å²) >= 11 is 6.23. The zero-order chi connectivity index (χ0) is 15.6. The van der Waals surface area contributed by atoms with Gasteiger partial charge in [0, 0.05) is 10.7 Å². The van der Waals surface area contributed by atoms with E-state index in [1.165, 1.54) is 9.36 Å². The van der Waals surface area contributed by atoms with Crippen LogP contribution in [0.15, 0.2) is 9.59 Å². The molecule has 1 fully saturated rings. The number of alkyl halides is 2. The van der Waals surface area contributed by atoms with Gasteiger partial charge >= 0.3 is 11.4 Å². The molecule has 0 radical (unpaired) electrons. The van der Waals surface area contributed by atoms with Crippen molar-refractivity contribution < 1.29 is 14.9 Å². The summed E-state index contributed by atoms with van der Waals surface area (Å²) in [6.07, 6.45) is -1.70. The Morgan fingerprint density at radius 3 is 2.14 bits per heavy atom. The fourth-order valence-electron chi connectivity index (χ4n) is 1.95. The Hall–Kier alpha value is -0.420. The van der Waals surface area contributed by atoms with Gasteiger partial charge in [0.15, 0.2) is 0 Å². The lowest BCUT2D eigenvalue weighted by Gasteiger charge is -2.11. The summed E-state index contributed by atoms with van der Waals surface area (Å²) in [6, 6.07) is 0. The maximum atomic E-state index is 12.3. The van der Waals surface area contributed by atoms with Gasteiger partial charge in [-0.05, 0) is 0 Å². The van der Waals surface area contributed by atoms with E-state index in [0.717, 1.165) is 4.57 Å². The number of rotatable bonds is 8. The minimum absolute atomic E-state index is 0.00342. The second-order valence-electron chi connectivity index (χ2n) is 4.91. The Labute approximate surface area is 137 Å². The Bertz CT molecular complexity index is 592. The van der Waals surface area contributed by atoms with E-state index in [4.69, 9.17) is 4.74 Å². The lowest BCUT2D eigenvalue weighted by Crippen LogP contribution is -2.35. The van der Waals surface area contributed by atoms with Crippen molar-refractivity contribution in [1.82, 2.24) is 13.9 Å². The lowest BCUT2D eigenvalue weighted by atomic mass is 10.4.